The SMILES string of the molecule is CCC(N)Cc1cccc(F)c1OCCN1CCCCC1. The molecule has 2 N–H and O–H groups in total. The van der Waals surface area contributed by atoms with Crippen LogP contribution in [0.1, 0.15) is 38.2 Å². The number of nitrogens with two attached hydrogens (primary N) is 1. The molecule has 1 heterocycles. The quantitative estimate of drug-likeness (QED) is 0.840. The first-order valence-electron chi connectivity index (χ1n) is 8.08. The number of rotatable bonds is 7. The van der Waals surface area contributed by atoms with Crippen LogP contribution in [0.2, 0.25) is 0 Å². The summed E-state index contributed by atoms with van der Waals surface area (Å²) in [5, 5.41) is 0. The van der Waals surface area contributed by atoms with Gasteiger partial charge in [-0.05, 0) is 50.4 Å². The molecule has 0 amide bonds. The van der Waals surface area contributed by atoms with Gasteiger partial charge in [-0.15, -0.1) is 0 Å². The van der Waals surface area contributed by atoms with E-state index in [2.05, 4.69) is 4.90 Å². The Morgan fingerprint density at radius 3 is 2.76 bits per heavy atom. The summed E-state index contributed by atoms with van der Waals surface area (Å²) in [5.74, 6) is 0.104. The highest BCUT2D eigenvalue weighted by Crippen LogP contribution is 2.24. The number of benzene rings is 1. The molecule has 21 heavy (non-hydrogen) atoms. The average Bonchev–Trinajstić information content (AvgIpc) is 2.51. The standard InChI is InChI=1S/C17H27FN2O/c1-2-15(19)13-14-7-6-8-16(18)17(14)21-12-11-20-9-4-3-5-10-20/h6-8,15H,2-5,9-13,19H2,1H3. The summed E-state index contributed by atoms with van der Waals surface area (Å²) in [6, 6.07) is 5.15. The van der Waals surface area contributed by atoms with Crippen molar-refractivity contribution in [3.05, 3.63) is 29.6 Å². The van der Waals surface area contributed by atoms with Gasteiger partial charge in [0.25, 0.3) is 0 Å². The van der Waals surface area contributed by atoms with Crippen molar-refractivity contribution in [3.63, 3.8) is 0 Å². The van der Waals surface area contributed by atoms with Gasteiger partial charge in [-0.3, -0.25) is 4.90 Å². The van der Waals surface area contributed by atoms with Crippen molar-refractivity contribution >= 4 is 0 Å². The summed E-state index contributed by atoms with van der Waals surface area (Å²) in [4.78, 5) is 2.39. The highest BCUT2D eigenvalue weighted by atomic mass is 19.1. The molecule has 2 rings (SSSR count). The Kier molecular flexibility index (Phi) is 6.46. The Labute approximate surface area is 127 Å². The Morgan fingerprint density at radius 1 is 1.29 bits per heavy atom. The highest BCUT2D eigenvalue weighted by molar-refractivity contribution is 5.35. The molecule has 0 aromatic heterocycles. The molecule has 0 saturated carbocycles. The number of halogens is 1. The minimum Gasteiger partial charge on any atom is -0.489 e. The number of hydrogen-bond donors (Lipinski definition) is 1. The molecule has 1 saturated heterocycles. The van der Waals surface area contributed by atoms with E-state index in [9.17, 15) is 4.39 Å². The lowest BCUT2D eigenvalue weighted by Crippen LogP contribution is -2.33. The van der Waals surface area contributed by atoms with Crippen molar-refractivity contribution in [3.8, 4) is 5.75 Å². The van der Waals surface area contributed by atoms with Gasteiger partial charge in [-0.2, -0.15) is 0 Å². The molecule has 1 unspecified atom stereocenters. The topological polar surface area (TPSA) is 38.5 Å². The van der Waals surface area contributed by atoms with Crippen molar-refractivity contribution in [1.82, 2.24) is 4.90 Å². The molecule has 3 nitrogen and oxygen atoms in total. The number of likely N-dealkylation sites (tertiary alicyclic amines) is 1. The van der Waals surface area contributed by atoms with Crippen LogP contribution in [0.3, 0.4) is 0 Å². The third-order valence-corrected chi connectivity index (χ3v) is 4.16. The minimum absolute atomic E-state index is 0.0521. The van der Waals surface area contributed by atoms with E-state index in [1.165, 1.54) is 25.3 Å². The van der Waals surface area contributed by atoms with Crippen LogP contribution in [0.4, 0.5) is 4.39 Å². The summed E-state index contributed by atoms with van der Waals surface area (Å²) in [5.41, 5.74) is 6.86. The van der Waals surface area contributed by atoms with E-state index in [1.54, 1.807) is 6.07 Å². The minimum atomic E-state index is -0.283. The van der Waals surface area contributed by atoms with Crippen LogP contribution in [0.5, 0.6) is 5.75 Å². The molecule has 1 aliphatic heterocycles. The highest BCUT2D eigenvalue weighted by Gasteiger charge is 2.14. The average molecular weight is 294 g/mol. The number of piperidine rings is 1. The lowest BCUT2D eigenvalue weighted by Gasteiger charge is -2.26. The molecule has 1 aromatic rings. The molecular formula is C17H27FN2O. The summed E-state index contributed by atoms with van der Waals surface area (Å²) in [7, 11) is 0. The molecule has 118 valence electrons. The predicted octanol–water partition coefficient (Wildman–Crippen LogP) is 2.97. The fourth-order valence-corrected chi connectivity index (χ4v) is 2.76. The Balaban J connectivity index is 1.91. The van der Waals surface area contributed by atoms with E-state index in [0.29, 0.717) is 18.8 Å². The molecule has 4 heteroatoms. The van der Waals surface area contributed by atoms with E-state index in [4.69, 9.17) is 10.5 Å². The van der Waals surface area contributed by atoms with Gasteiger partial charge in [0.2, 0.25) is 0 Å². The lowest BCUT2D eigenvalue weighted by molar-refractivity contribution is 0.179. The largest absolute Gasteiger partial charge is 0.489 e. The van der Waals surface area contributed by atoms with E-state index in [0.717, 1.165) is 31.6 Å². The summed E-state index contributed by atoms with van der Waals surface area (Å²) in [6.07, 6.45) is 5.38. The molecule has 1 aromatic carbocycles. The maximum absolute atomic E-state index is 14.0. The number of para-hydroxylation sites is 1. The zero-order valence-corrected chi connectivity index (χ0v) is 13.0. The molecule has 0 radical (unpaired) electrons. The zero-order chi connectivity index (χ0) is 15.1. The van der Waals surface area contributed by atoms with E-state index in [1.807, 2.05) is 13.0 Å². The van der Waals surface area contributed by atoms with Gasteiger partial charge >= 0.3 is 0 Å². The van der Waals surface area contributed by atoms with Crippen LogP contribution in [0, 0.1) is 5.82 Å². The first-order chi connectivity index (χ1) is 10.2. The first-order valence-corrected chi connectivity index (χ1v) is 8.08. The fraction of sp³-hybridized carbons (Fsp3) is 0.647. The van der Waals surface area contributed by atoms with Crippen LogP contribution in [-0.4, -0.2) is 37.2 Å². The number of nitrogens with zero attached hydrogens (tertiary/aromatic N) is 1. The summed E-state index contributed by atoms with van der Waals surface area (Å²) in [6.45, 7) is 5.71. The van der Waals surface area contributed by atoms with Gasteiger partial charge in [0, 0.05) is 12.6 Å². The second-order valence-corrected chi connectivity index (χ2v) is 5.85. The molecule has 1 aliphatic rings. The molecule has 1 fully saturated rings. The molecule has 1 atom stereocenters. The normalized spacial score (nSPS) is 17.7. The maximum Gasteiger partial charge on any atom is 0.165 e. The first kappa shape index (κ1) is 16.2. The monoisotopic (exact) mass is 294 g/mol. The van der Waals surface area contributed by atoms with Crippen molar-refractivity contribution < 1.29 is 9.13 Å². The maximum atomic E-state index is 14.0. The van der Waals surface area contributed by atoms with Crippen molar-refractivity contribution in [1.29, 1.82) is 0 Å². The van der Waals surface area contributed by atoms with Gasteiger partial charge in [-0.1, -0.05) is 25.5 Å². The van der Waals surface area contributed by atoms with Gasteiger partial charge < -0.3 is 10.5 Å². The van der Waals surface area contributed by atoms with E-state index < -0.39 is 0 Å². The van der Waals surface area contributed by atoms with Crippen LogP contribution in [0.15, 0.2) is 18.2 Å². The summed E-state index contributed by atoms with van der Waals surface area (Å²) < 4.78 is 19.7. The van der Waals surface area contributed by atoms with E-state index >= 15 is 0 Å². The Hall–Kier alpha value is -1.13. The fourth-order valence-electron chi connectivity index (χ4n) is 2.76. The Morgan fingerprint density at radius 2 is 2.05 bits per heavy atom. The zero-order valence-electron chi connectivity index (χ0n) is 13.0. The van der Waals surface area contributed by atoms with Crippen molar-refractivity contribution in [2.24, 2.45) is 5.73 Å². The van der Waals surface area contributed by atoms with Crippen LogP contribution < -0.4 is 10.5 Å². The van der Waals surface area contributed by atoms with Crippen LogP contribution >= 0.6 is 0 Å². The molecule has 0 bridgehead atoms. The van der Waals surface area contributed by atoms with E-state index in [-0.39, 0.29) is 11.9 Å². The van der Waals surface area contributed by atoms with Gasteiger partial charge in [0.15, 0.2) is 11.6 Å². The second-order valence-electron chi connectivity index (χ2n) is 5.85. The molecule has 0 aliphatic carbocycles. The number of ether oxygens (including phenoxy) is 1. The van der Waals surface area contributed by atoms with Gasteiger partial charge in [0.1, 0.15) is 6.61 Å². The molecular weight excluding hydrogens is 267 g/mol. The predicted molar refractivity (Wildman–Crippen MR) is 84.2 cm³/mol. The van der Waals surface area contributed by atoms with Gasteiger partial charge in [-0.25, -0.2) is 4.39 Å². The second kappa shape index (κ2) is 8.35. The third-order valence-electron chi connectivity index (χ3n) is 4.16. The summed E-state index contributed by atoms with van der Waals surface area (Å²) >= 11 is 0. The van der Waals surface area contributed by atoms with Crippen molar-refractivity contribution in [2.45, 2.75) is 45.1 Å². The lowest BCUT2D eigenvalue weighted by atomic mass is 10.0. The third kappa shape index (κ3) is 4.97. The Bertz CT molecular complexity index is 433. The van der Waals surface area contributed by atoms with Crippen molar-refractivity contribution in [2.75, 3.05) is 26.2 Å². The number of hydrogen-bond acceptors (Lipinski definition) is 3. The van der Waals surface area contributed by atoms with Crippen LogP contribution in [0.25, 0.3) is 0 Å². The van der Waals surface area contributed by atoms with Crippen LogP contribution in [-0.2, 0) is 6.42 Å². The molecule has 0 spiro atoms. The van der Waals surface area contributed by atoms with Gasteiger partial charge in [0.05, 0.1) is 0 Å². The smallest absolute Gasteiger partial charge is 0.165 e.